The largest absolute Gasteiger partial charge is 0.346 e. The first kappa shape index (κ1) is 12.8. The van der Waals surface area contributed by atoms with Gasteiger partial charge in [0.05, 0.1) is 6.04 Å². The van der Waals surface area contributed by atoms with E-state index in [2.05, 4.69) is 21.2 Å². The van der Waals surface area contributed by atoms with Gasteiger partial charge in [0.1, 0.15) is 0 Å². The molecule has 0 aromatic heterocycles. The van der Waals surface area contributed by atoms with Crippen LogP contribution in [0, 0.1) is 0 Å². The lowest BCUT2D eigenvalue weighted by atomic mass is 10.1. The number of benzene rings is 2. The molecule has 0 fully saturated rings. The fraction of sp³-hybridized carbons (Fsp3) is 0.133. The Hall–Kier alpha value is -1.61. The lowest BCUT2D eigenvalue weighted by Gasteiger charge is -2.14. The van der Waals surface area contributed by atoms with Crippen molar-refractivity contribution in [3.8, 4) is 0 Å². The zero-order chi connectivity index (χ0) is 13.0. The van der Waals surface area contributed by atoms with Crippen molar-refractivity contribution in [3.63, 3.8) is 0 Å². The minimum absolute atomic E-state index is 0.00217. The summed E-state index contributed by atoms with van der Waals surface area (Å²) in [5.41, 5.74) is 1.77. The Morgan fingerprint density at radius 2 is 1.67 bits per heavy atom. The van der Waals surface area contributed by atoms with Crippen molar-refractivity contribution in [3.05, 3.63) is 70.2 Å². The minimum Gasteiger partial charge on any atom is -0.346 e. The average molecular weight is 304 g/mol. The van der Waals surface area contributed by atoms with Crippen molar-refractivity contribution in [1.29, 1.82) is 0 Å². The van der Waals surface area contributed by atoms with Gasteiger partial charge < -0.3 is 5.32 Å². The number of carbonyl (C=O) groups is 1. The molecule has 0 saturated heterocycles. The third kappa shape index (κ3) is 3.20. The van der Waals surface area contributed by atoms with Crippen LogP contribution in [-0.2, 0) is 0 Å². The van der Waals surface area contributed by atoms with Gasteiger partial charge in [-0.15, -0.1) is 0 Å². The van der Waals surface area contributed by atoms with Crippen LogP contribution in [0.3, 0.4) is 0 Å². The molecular formula is C15H14BrNO. The van der Waals surface area contributed by atoms with Crippen LogP contribution in [-0.4, -0.2) is 5.91 Å². The lowest BCUT2D eigenvalue weighted by molar-refractivity contribution is 0.0940. The number of amides is 1. The van der Waals surface area contributed by atoms with E-state index in [1.165, 1.54) is 0 Å². The van der Waals surface area contributed by atoms with Gasteiger partial charge >= 0.3 is 0 Å². The standard InChI is InChI=1S/C15H14BrNO/c1-11(12-5-3-2-4-6-12)17-15(18)13-7-9-14(16)10-8-13/h2-11H,1H3,(H,17,18)/t11-/m0/s1. The Morgan fingerprint density at radius 1 is 1.06 bits per heavy atom. The van der Waals surface area contributed by atoms with Gasteiger partial charge in [-0.3, -0.25) is 4.79 Å². The van der Waals surface area contributed by atoms with Gasteiger partial charge in [0.15, 0.2) is 0 Å². The topological polar surface area (TPSA) is 29.1 Å². The fourth-order valence-electron chi connectivity index (χ4n) is 1.71. The molecular weight excluding hydrogens is 290 g/mol. The summed E-state index contributed by atoms with van der Waals surface area (Å²) in [4.78, 5) is 12.0. The molecule has 3 heteroatoms. The molecule has 0 aliphatic heterocycles. The Kier molecular flexibility index (Phi) is 4.15. The normalized spacial score (nSPS) is 11.9. The van der Waals surface area contributed by atoms with E-state index in [0.29, 0.717) is 5.56 Å². The quantitative estimate of drug-likeness (QED) is 0.914. The number of halogens is 1. The molecule has 18 heavy (non-hydrogen) atoms. The summed E-state index contributed by atoms with van der Waals surface area (Å²) in [5.74, 6) is -0.0566. The highest BCUT2D eigenvalue weighted by Crippen LogP contribution is 2.14. The lowest BCUT2D eigenvalue weighted by Crippen LogP contribution is -2.26. The summed E-state index contributed by atoms with van der Waals surface area (Å²) in [6.07, 6.45) is 0. The van der Waals surface area contributed by atoms with Gasteiger partial charge in [0.2, 0.25) is 0 Å². The number of rotatable bonds is 3. The van der Waals surface area contributed by atoms with Crippen LogP contribution in [0.5, 0.6) is 0 Å². The van der Waals surface area contributed by atoms with E-state index in [9.17, 15) is 4.79 Å². The summed E-state index contributed by atoms with van der Waals surface area (Å²) in [7, 11) is 0. The van der Waals surface area contributed by atoms with Crippen molar-refractivity contribution < 1.29 is 4.79 Å². The Morgan fingerprint density at radius 3 is 2.28 bits per heavy atom. The highest BCUT2D eigenvalue weighted by Gasteiger charge is 2.10. The van der Waals surface area contributed by atoms with Crippen LogP contribution < -0.4 is 5.32 Å². The molecule has 1 amide bonds. The molecule has 0 radical (unpaired) electrons. The van der Waals surface area contributed by atoms with Crippen LogP contribution in [0.2, 0.25) is 0 Å². The Labute approximate surface area is 115 Å². The molecule has 1 N–H and O–H groups in total. The van der Waals surface area contributed by atoms with Gasteiger partial charge in [-0.1, -0.05) is 46.3 Å². The van der Waals surface area contributed by atoms with E-state index in [4.69, 9.17) is 0 Å². The molecule has 0 bridgehead atoms. The Bertz CT molecular complexity index is 522. The molecule has 0 unspecified atom stereocenters. The highest BCUT2D eigenvalue weighted by atomic mass is 79.9. The summed E-state index contributed by atoms with van der Waals surface area (Å²) in [6, 6.07) is 17.3. The van der Waals surface area contributed by atoms with Crippen LogP contribution in [0.25, 0.3) is 0 Å². The molecule has 0 heterocycles. The maximum absolute atomic E-state index is 12.0. The maximum Gasteiger partial charge on any atom is 0.251 e. The third-order valence-corrected chi connectivity index (χ3v) is 3.28. The number of hydrogen-bond acceptors (Lipinski definition) is 1. The SMILES string of the molecule is C[C@H](NC(=O)c1ccc(Br)cc1)c1ccccc1. The zero-order valence-corrected chi connectivity index (χ0v) is 11.6. The van der Waals surface area contributed by atoms with E-state index in [-0.39, 0.29) is 11.9 Å². The first-order chi connectivity index (χ1) is 8.66. The maximum atomic E-state index is 12.0. The molecule has 92 valence electrons. The van der Waals surface area contributed by atoms with E-state index < -0.39 is 0 Å². The summed E-state index contributed by atoms with van der Waals surface area (Å²) in [6.45, 7) is 1.98. The van der Waals surface area contributed by atoms with Crippen molar-refractivity contribution in [2.75, 3.05) is 0 Å². The molecule has 0 aliphatic rings. The van der Waals surface area contributed by atoms with Crippen LogP contribution in [0.4, 0.5) is 0 Å². The van der Waals surface area contributed by atoms with Gasteiger partial charge in [-0.2, -0.15) is 0 Å². The Balaban J connectivity index is 2.06. The zero-order valence-electron chi connectivity index (χ0n) is 10.1. The van der Waals surface area contributed by atoms with Crippen LogP contribution >= 0.6 is 15.9 Å². The molecule has 2 aromatic rings. The smallest absolute Gasteiger partial charge is 0.251 e. The van der Waals surface area contributed by atoms with Gasteiger partial charge in [-0.05, 0) is 36.8 Å². The molecule has 0 aliphatic carbocycles. The predicted molar refractivity (Wildman–Crippen MR) is 76.5 cm³/mol. The predicted octanol–water partition coefficient (Wildman–Crippen LogP) is 3.94. The van der Waals surface area contributed by atoms with Crippen molar-refractivity contribution in [2.24, 2.45) is 0 Å². The minimum atomic E-state index is -0.0566. The molecule has 2 aromatic carbocycles. The number of nitrogens with one attached hydrogen (secondary N) is 1. The van der Waals surface area contributed by atoms with Gasteiger partial charge in [-0.25, -0.2) is 0 Å². The highest BCUT2D eigenvalue weighted by molar-refractivity contribution is 9.10. The van der Waals surface area contributed by atoms with E-state index in [1.54, 1.807) is 12.1 Å². The van der Waals surface area contributed by atoms with Gasteiger partial charge in [0, 0.05) is 10.0 Å². The monoisotopic (exact) mass is 303 g/mol. The molecule has 0 saturated carbocycles. The third-order valence-electron chi connectivity index (χ3n) is 2.75. The molecule has 0 spiro atoms. The summed E-state index contributed by atoms with van der Waals surface area (Å²) in [5, 5.41) is 2.98. The van der Waals surface area contributed by atoms with E-state index in [1.807, 2.05) is 49.4 Å². The molecule has 2 nitrogen and oxygen atoms in total. The fourth-order valence-corrected chi connectivity index (χ4v) is 1.97. The van der Waals surface area contributed by atoms with Gasteiger partial charge in [0.25, 0.3) is 5.91 Å². The van der Waals surface area contributed by atoms with E-state index >= 15 is 0 Å². The van der Waals surface area contributed by atoms with Crippen molar-refractivity contribution in [2.45, 2.75) is 13.0 Å². The molecule has 1 atom stereocenters. The summed E-state index contributed by atoms with van der Waals surface area (Å²) < 4.78 is 0.968. The second kappa shape index (κ2) is 5.83. The second-order valence-corrected chi connectivity index (χ2v) is 5.03. The van der Waals surface area contributed by atoms with Crippen molar-refractivity contribution in [1.82, 2.24) is 5.32 Å². The van der Waals surface area contributed by atoms with Crippen LogP contribution in [0.1, 0.15) is 28.9 Å². The molecule has 2 rings (SSSR count). The van der Waals surface area contributed by atoms with Crippen LogP contribution in [0.15, 0.2) is 59.1 Å². The first-order valence-electron chi connectivity index (χ1n) is 5.78. The average Bonchev–Trinajstić information content (AvgIpc) is 2.40. The van der Waals surface area contributed by atoms with Crippen molar-refractivity contribution >= 4 is 21.8 Å². The number of carbonyl (C=O) groups excluding carboxylic acids is 1. The second-order valence-electron chi connectivity index (χ2n) is 4.11. The van der Waals surface area contributed by atoms with E-state index in [0.717, 1.165) is 10.0 Å². The summed E-state index contributed by atoms with van der Waals surface area (Å²) >= 11 is 3.35. The number of hydrogen-bond donors (Lipinski definition) is 1. The first-order valence-corrected chi connectivity index (χ1v) is 6.57.